The molecule has 2 rings (SSSR count). The number of hydrogen-bond acceptors (Lipinski definition) is 3. The standard InChI is InChI=1S/C15H12ClNO3/c1-20-14-3-2-11(9-13(14)16)12(15(18)19)8-10-4-6-17-7-5-10/h2-9H,1H3,(H,18,19)/b12-8-. The Morgan fingerprint density at radius 1 is 1.30 bits per heavy atom. The molecule has 1 N–H and O–H groups in total. The molecule has 20 heavy (non-hydrogen) atoms. The van der Waals surface area contributed by atoms with Crippen molar-refractivity contribution in [2.24, 2.45) is 0 Å². The Kier molecular flexibility index (Phi) is 4.38. The zero-order chi connectivity index (χ0) is 14.5. The third kappa shape index (κ3) is 3.16. The van der Waals surface area contributed by atoms with E-state index in [2.05, 4.69) is 4.98 Å². The van der Waals surface area contributed by atoms with E-state index in [0.717, 1.165) is 5.56 Å². The van der Waals surface area contributed by atoms with Crippen LogP contribution in [-0.4, -0.2) is 23.2 Å². The van der Waals surface area contributed by atoms with Crippen molar-refractivity contribution in [2.45, 2.75) is 0 Å². The number of hydrogen-bond donors (Lipinski definition) is 1. The highest BCUT2D eigenvalue weighted by molar-refractivity contribution is 6.32. The minimum Gasteiger partial charge on any atom is -0.495 e. The maximum atomic E-state index is 11.4. The van der Waals surface area contributed by atoms with Gasteiger partial charge in [-0.25, -0.2) is 4.79 Å². The Labute approximate surface area is 121 Å². The van der Waals surface area contributed by atoms with E-state index in [9.17, 15) is 9.90 Å². The summed E-state index contributed by atoms with van der Waals surface area (Å²) in [5.41, 5.74) is 1.42. The van der Waals surface area contributed by atoms with Crippen LogP contribution >= 0.6 is 11.6 Å². The van der Waals surface area contributed by atoms with Gasteiger partial charge in [0, 0.05) is 12.4 Å². The topological polar surface area (TPSA) is 59.4 Å². The van der Waals surface area contributed by atoms with Crippen molar-refractivity contribution in [3.8, 4) is 5.75 Å². The highest BCUT2D eigenvalue weighted by Gasteiger charge is 2.12. The molecule has 0 amide bonds. The molecule has 0 saturated carbocycles. The van der Waals surface area contributed by atoms with Gasteiger partial charge in [-0.2, -0.15) is 0 Å². The summed E-state index contributed by atoms with van der Waals surface area (Å²) < 4.78 is 5.05. The second kappa shape index (κ2) is 6.21. The number of aliphatic carboxylic acids is 1. The quantitative estimate of drug-likeness (QED) is 0.877. The number of rotatable bonds is 4. The van der Waals surface area contributed by atoms with Gasteiger partial charge in [0.1, 0.15) is 5.75 Å². The van der Waals surface area contributed by atoms with Crippen molar-refractivity contribution in [1.82, 2.24) is 4.98 Å². The fourth-order valence-electron chi connectivity index (χ4n) is 1.73. The number of halogens is 1. The molecule has 0 atom stereocenters. The maximum Gasteiger partial charge on any atom is 0.336 e. The normalized spacial score (nSPS) is 11.2. The first-order chi connectivity index (χ1) is 9.61. The smallest absolute Gasteiger partial charge is 0.336 e. The summed E-state index contributed by atoms with van der Waals surface area (Å²) in [7, 11) is 1.51. The van der Waals surface area contributed by atoms with E-state index >= 15 is 0 Å². The summed E-state index contributed by atoms with van der Waals surface area (Å²) in [5.74, 6) is -0.521. The maximum absolute atomic E-state index is 11.4. The van der Waals surface area contributed by atoms with Crippen molar-refractivity contribution in [1.29, 1.82) is 0 Å². The Bertz CT molecular complexity index is 653. The lowest BCUT2D eigenvalue weighted by atomic mass is 10.0. The van der Waals surface area contributed by atoms with Gasteiger partial charge >= 0.3 is 5.97 Å². The molecule has 5 heteroatoms. The number of nitrogens with zero attached hydrogens (tertiary/aromatic N) is 1. The van der Waals surface area contributed by atoms with Crippen LogP contribution < -0.4 is 4.74 Å². The number of benzene rings is 1. The van der Waals surface area contributed by atoms with Crippen LogP contribution in [0.3, 0.4) is 0 Å². The van der Waals surface area contributed by atoms with Gasteiger partial charge in [-0.05, 0) is 41.5 Å². The molecule has 0 radical (unpaired) electrons. The van der Waals surface area contributed by atoms with Crippen LogP contribution in [-0.2, 0) is 4.79 Å². The molecule has 0 bridgehead atoms. The van der Waals surface area contributed by atoms with Crippen molar-refractivity contribution in [3.05, 3.63) is 58.9 Å². The molecule has 1 aromatic heterocycles. The van der Waals surface area contributed by atoms with E-state index in [1.807, 2.05) is 0 Å². The van der Waals surface area contributed by atoms with Gasteiger partial charge in [-0.1, -0.05) is 17.7 Å². The minimum atomic E-state index is -1.02. The van der Waals surface area contributed by atoms with Gasteiger partial charge in [0.2, 0.25) is 0 Å². The summed E-state index contributed by atoms with van der Waals surface area (Å²) in [6.45, 7) is 0. The molecule has 2 aromatic rings. The summed E-state index contributed by atoms with van der Waals surface area (Å²) in [6.07, 6.45) is 4.78. The second-order valence-electron chi connectivity index (χ2n) is 3.99. The molecular weight excluding hydrogens is 278 g/mol. The van der Waals surface area contributed by atoms with Crippen LogP contribution in [0.15, 0.2) is 42.7 Å². The van der Waals surface area contributed by atoms with Crippen molar-refractivity contribution in [3.63, 3.8) is 0 Å². The molecule has 0 unspecified atom stereocenters. The SMILES string of the molecule is COc1ccc(/C(=C/c2ccncc2)C(=O)O)cc1Cl. The summed E-state index contributed by atoms with van der Waals surface area (Å²) in [4.78, 5) is 15.3. The van der Waals surface area contributed by atoms with Gasteiger partial charge in [-0.3, -0.25) is 4.98 Å². The molecule has 0 fully saturated rings. The average Bonchev–Trinajstić information content (AvgIpc) is 2.45. The fraction of sp³-hybridized carbons (Fsp3) is 0.0667. The van der Waals surface area contributed by atoms with E-state index in [0.29, 0.717) is 16.3 Å². The number of ether oxygens (including phenoxy) is 1. The molecule has 1 heterocycles. The molecule has 0 aliphatic heterocycles. The van der Waals surface area contributed by atoms with E-state index in [1.54, 1.807) is 48.8 Å². The largest absolute Gasteiger partial charge is 0.495 e. The van der Waals surface area contributed by atoms with Crippen LogP contribution in [0.4, 0.5) is 0 Å². The van der Waals surface area contributed by atoms with Gasteiger partial charge in [0.25, 0.3) is 0 Å². The van der Waals surface area contributed by atoms with E-state index in [-0.39, 0.29) is 5.57 Å². The van der Waals surface area contributed by atoms with Crippen LogP contribution in [0.1, 0.15) is 11.1 Å². The number of aromatic nitrogens is 1. The Hall–Kier alpha value is -2.33. The van der Waals surface area contributed by atoms with Crippen LogP contribution in [0.5, 0.6) is 5.75 Å². The number of pyridine rings is 1. The zero-order valence-corrected chi connectivity index (χ0v) is 11.5. The molecule has 4 nitrogen and oxygen atoms in total. The Morgan fingerprint density at radius 3 is 2.55 bits per heavy atom. The summed E-state index contributed by atoms with van der Waals surface area (Å²) in [6, 6.07) is 8.33. The van der Waals surface area contributed by atoms with Crippen LogP contribution in [0.25, 0.3) is 11.6 Å². The zero-order valence-electron chi connectivity index (χ0n) is 10.7. The predicted octanol–water partition coefficient (Wildman–Crippen LogP) is 3.37. The first-order valence-corrected chi connectivity index (χ1v) is 6.18. The van der Waals surface area contributed by atoms with E-state index < -0.39 is 5.97 Å². The van der Waals surface area contributed by atoms with E-state index in [4.69, 9.17) is 16.3 Å². The molecule has 0 aliphatic rings. The van der Waals surface area contributed by atoms with Crippen molar-refractivity contribution in [2.75, 3.05) is 7.11 Å². The number of carboxylic acids is 1. The first kappa shape index (κ1) is 14.1. The number of carbonyl (C=O) groups is 1. The summed E-state index contributed by atoms with van der Waals surface area (Å²) >= 11 is 6.03. The third-order valence-electron chi connectivity index (χ3n) is 2.71. The third-order valence-corrected chi connectivity index (χ3v) is 3.01. The molecule has 1 aromatic carbocycles. The van der Waals surface area contributed by atoms with Gasteiger partial charge in [-0.15, -0.1) is 0 Å². The van der Waals surface area contributed by atoms with Gasteiger partial charge < -0.3 is 9.84 Å². The molecule has 0 saturated heterocycles. The number of carboxylic acid groups (broad SMARTS) is 1. The van der Waals surface area contributed by atoms with Gasteiger partial charge in [0.05, 0.1) is 17.7 Å². The Morgan fingerprint density at radius 2 is 2.00 bits per heavy atom. The molecule has 0 aliphatic carbocycles. The lowest BCUT2D eigenvalue weighted by molar-refractivity contribution is -0.130. The van der Waals surface area contributed by atoms with Crippen molar-refractivity contribution >= 4 is 29.2 Å². The monoisotopic (exact) mass is 289 g/mol. The minimum absolute atomic E-state index is 0.153. The lowest BCUT2D eigenvalue weighted by Crippen LogP contribution is -2.00. The van der Waals surface area contributed by atoms with E-state index in [1.165, 1.54) is 7.11 Å². The second-order valence-corrected chi connectivity index (χ2v) is 4.40. The predicted molar refractivity (Wildman–Crippen MR) is 77.7 cm³/mol. The van der Waals surface area contributed by atoms with Crippen molar-refractivity contribution < 1.29 is 14.6 Å². The van der Waals surface area contributed by atoms with Crippen LogP contribution in [0, 0.1) is 0 Å². The number of methoxy groups -OCH3 is 1. The molecule has 102 valence electrons. The highest BCUT2D eigenvalue weighted by Crippen LogP contribution is 2.29. The lowest BCUT2D eigenvalue weighted by Gasteiger charge is -2.07. The summed E-state index contributed by atoms with van der Waals surface area (Å²) in [5, 5.41) is 9.71. The van der Waals surface area contributed by atoms with Crippen LogP contribution in [0.2, 0.25) is 5.02 Å². The molecule has 0 spiro atoms. The average molecular weight is 290 g/mol. The first-order valence-electron chi connectivity index (χ1n) is 5.80. The van der Waals surface area contributed by atoms with Gasteiger partial charge in [0.15, 0.2) is 0 Å². The Balaban J connectivity index is 2.47. The highest BCUT2D eigenvalue weighted by atomic mass is 35.5. The molecular formula is C15H12ClNO3. The fourth-order valence-corrected chi connectivity index (χ4v) is 1.99.